The van der Waals surface area contributed by atoms with E-state index >= 15 is 0 Å². The predicted octanol–water partition coefficient (Wildman–Crippen LogP) is 29.6. The molecule has 622 valence electrons. The highest BCUT2D eigenvalue weighted by molar-refractivity contribution is 9.11. The van der Waals surface area contributed by atoms with Gasteiger partial charge >= 0.3 is 0 Å². The Bertz CT molecular complexity index is 8110. The average molecular weight is 2010 g/mol. The summed E-state index contributed by atoms with van der Waals surface area (Å²) in [4.78, 5) is 68.2. The molecule has 130 heavy (non-hydrogen) atoms. The molecular weight excluding hydrogens is 1930 g/mol. The molecule has 12 aromatic carbocycles. The molecule has 0 amide bonds. The van der Waals surface area contributed by atoms with E-state index in [2.05, 4.69) is 323 Å². The maximum Gasteiger partial charge on any atom is 0.199 e. The zero-order valence-electron chi connectivity index (χ0n) is 74.3. The molecule has 1 aliphatic rings. The van der Waals surface area contributed by atoms with E-state index in [0.717, 1.165) is 108 Å². The largest absolute Gasteiger partial charge is 0.236 e. The maximum absolute atomic E-state index is 8.29. The van der Waals surface area contributed by atoms with E-state index < -0.39 is 18.1 Å². The van der Waals surface area contributed by atoms with Gasteiger partial charge in [-0.3, -0.25) is 0 Å². The summed E-state index contributed by atoms with van der Waals surface area (Å²) in [6.45, 7) is 4.58. The van der Waals surface area contributed by atoms with Gasteiger partial charge in [0.25, 0.3) is 0 Å². The van der Waals surface area contributed by atoms with Gasteiger partial charge in [0.2, 0.25) is 0 Å². The first kappa shape index (κ1) is 78.9. The summed E-state index contributed by atoms with van der Waals surface area (Å²) < 4.78 is 44.4. The van der Waals surface area contributed by atoms with Gasteiger partial charge in [0, 0.05) is 121 Å². The molecular formula is C110H72Br5N15. The Kier molecular flexibility index (Phi) is 23.4. The summed E-state index contributed by atoms with van der Waals surface area (Å²) in [5.41, 5.74) is 26.2. The lowest BCUT2D eigenvalue weighted by Gasteiger charge is -2.22. The van der Waals surface area contributed by atoms with Crippen LogP contribution in [0.5, 0.6) is 0 Å². The Morgan fingerprint density at radius 2 is 0.508 bits per heavy atom. The van der Waals surface area contributed by atoms with Gasteiger partial charge in [-0.05, 0) is 209 Å². The van der Waals surface area contributed by atoms with Crippen LogP contribution in [0.1, 0.15) is 31.8 Å². The molecule has 0 aliphatic heterocycles. The summed E-state index contributed by atoms with van der Waals surface area (Å²) >= 11 is 17.2. The van der Waals surface area contributed by atoms with Gasteiger partial charge in [0.1, 0.15) is 0 Å². The van der Waals surface area contributed by atoms with Gasteiger partial charge in [0.15, 0.2) is 55.2 Å². The van der Waals surface area contributed by atoms with Crippen LogP contribution in [-0.4, -0.2) is 74.8 Å². The average Bonchev–Trinajstić information content (AvgIpc) is 1.61. The second-order valence-corrected chi connectivity index (χ2v) is 34.7. The minimum Gasteiger partial charge on any atom is -0.236 e. The van der Waals surface area contributed by atoms with E-state index in [1.54, 1.807) is 43.1 Å². The van der Waals surface area contributed by atoms with Crippen LogP contribution in [0.3, 0.4) is 0 Å². The van der Waals surface area contributed by atoms with Crippen LogP contribution in [-0.2, 0) is 5.41 Å². The third-order valence-electron chi connectivity index (χ3n) is 21.9. The summed E-state index contributed by atoms with van der Waals surface area (Å²) in [5.74, 6) is 1.72. The Labute approximate surface area is 799 Å². The molecule has 10 heterocycles. The highest BCUT2D eigenvalue weighted by atomic mass is 79.9. The number of fused-ring (bicyclic) bond motifs is 8. The summed E-state index contributed by atoms with van der Waals surface area (Å²) in [6, 6.07) is 112. The molecule has 0 atom stereocenters. The SMILES string of the molecule is Brc1ccc(-c2nc(-c3ccc(-c4ccccc4)cc3)c3cccnc3n2)cc1.Brc1ccc(-c2nc(-c3ccccc3)c3cccnc3n2)cc1.Brc1nc(-c2cc(-c3ccccc3)cc(-c3ccccc3)c2)c2cccnc2n1.CC1(C)c2ccccc2-c2ccc(-c3nc(Br)nc4ncccc34)cc21.[2H]c1c([2H])c([2H])c(-c2nc(-c3ccc(Br)cc3)nc3ncccc23)c([2H])c1[2H]. The molecule has 0 saturated heterocycles. The molecule has 0 N–H and O–H groups in total. The summed E-state index contributed by atoms with van der Waals surface area (Å²) in [7, 11) is 0. The first-order chi connectivity index (χ1) is 65.8. The molecule has 1 aliphatic carbocycles. The maximum atomic E-state index is 8.29. The normalized spacial score (nSPS) is 12.1. The van der Waals surface area contributed by atoms with Gasteiger partial charge < -0.3 is 0 Å². The molecule has 15 nitrogen and oxygen atoms in total. The molecule has 0 unspecified atom stereocenters. The molecule has 0 bridgehead atoms. The van der Waals surface area contributed by atoms with Crippen LogP contribution in [0.2, 0.25) is 0 Å². The van der Waals surface area contributed by atoms with Crippen LogP contribution >= 0.6 is 79.6 Å². The van der Waals surface area contributed by atoms with E-state index in [1.807, 2.05) is 158 Å². The number of aromatic nitrogens is 15. The lowest BCUT2D eigenvalue weighted by atomic mass is 9.82. The standard InChI is InChI=1S/2C25H16BrN3.C22H16BrN3.2C19H12BrN3/c26-25-28-23(22-12-7-13-27-24(22)29-25)21-15-19(17-8-3-1-4-9-17)14-20(16-21)18-10-5-2-6-11-18;26-21-14-12-20(13-15-21)24-28-23(22-7-4-16-27-25(22)29-24)19-10-8-18(9-11-19)17-5-2-1-3-6-17;1-22(2)17-8-4-3-6-14(17)15-10-9-13(12-18(15)22)19-16-7-5-11-24-20(16)26-21(23)25-19;2*20-15-10-8-14(9-11-15)18-22-17(13-5-2-1-3-6-13)16-7-4-12-21-19(16)23-18/h2*1-16H;3-12H,1-2H3;2*1-12H/i;;;1D,2D,3D,5D,6D;. The third kappa shape index (κ3) is 18.8. The first-order valence-corrected chi connectivity index (χ1v) is 45.3. The molecule has 0 spiro atoms. The summed E-state index contributed by atoms with van der Waals surface area (Å²) in [6.07, 6.45) is 8.63. The highest BCUT2D eigenvalue weighted by Crippen LogP contribution is 2.50. The highest BCUT2D eigenvalue weighted by Gasteiger charge is 2.36. The van der Waals surface area contributed by atoms with E-state index in [9.17, 15) is 0 Å². The fourth-order valence-electron chi connectivity index (χ4n) is 15.6. The Hall–Kier alpha value is -14.5. The number of rotatable bonds is 11. The molecule has 0 radical (unpaired) electrons. The van der Waals surface area contributed by atoms with Crippen LogP contribution in [0.15, 0.2) is 424 Å². The van der Waals surface area contributed by atoms with Crippen molar-refractivity contribution in [1.82, 2.24) is 74.8 Å². The van der Waals surface area contributed by atoms with Gasteiger partial charge in [-0.1, -0.05) is 310 Å². The minimum absolute atomic E-state index is 0.0275. The number of nitrogens with zero attached hydrogens (tertiary/aromatic N) is 15. The van der Waals surface area contributed by atoms with Crippen molar-refractivity contribution in [3.63, 3.8) is 0 Å². The van der Waals surface area contributed by atoms with Crippen LogP contribution in [0, 0.1) is 0 Å². The molecule has 10 aromatic heterocycles. The number of hydrogen-bond donors (Lipinski definition) is 0. The van der Waals surface area contributed by atoms with E-state index in [4.69, 9.17) is 21.8 Å². The van der Waals surface area contributed by atoms with Crippen molar-refractivity contribution >= 4 is 135 Å². The monoisotopic (exact) mass is 2000 g/mol. The molecule has 0 fully saturated rings. The second-order valence-electron chi connectivity index (χ2n) is 30.5. The second kappa shape index (κ2) is 38.6. The van der Waals surface area contributed by atoms with Gasteiger partial charge in [-0.2, -0.15) is 0 Å². The zero-order chi connectivity index (χ0) is 92.8. The Morgan fingerprint density at radius 3 is 0.915 bits per heavy atom. The smallest absolute Gasteiger partial charge is 0.199 e. The third-order valence-corrected chi connectivity index (χ3v) is 24.2. The topological polar surface area (TPSA) is 193 Å². The molecule has 20 heteroatoms. The number of hydrogen-bond acceptors (Lipinski definition) is 15. The van der Waals surface area contributed by atoms with Gasteiger partial charge in [-0.15, -0.1) is 0 Å². The van der Waals surface area contributed by atoms with Crippen molar-refractivity contribution in [3.05, 3.63) is 435 Å². The molecule has 22 aromatic rings. The van der Waals surface area contributed by atoms with Crippen LogP contribution in [0.4, 0.5) is 0 Å². The van der Waals surface area contributed by atoms with Gasteiger partial charge in [-0.25, -0.2) is 74.8 Å². The summed E-state index contributed by atoms with van der Waals surface area (Å²) in [5, 5.41) is 4.31. The number of benzene rings is 12. The number of pyridine rings is 5. The zero-order valence-corrected chi connectivity index (χ0v) is 77.2. The van der Waals surface area contributed by atoms with Crippen molar-refractivity contribution in [1.29, 1.82) is 0 Å². The quantitative estimate of drug-likeness (QED) is 0.111. The van der Waals surface area contributed by atoms with Gasteiger partial charge in [0.05, 0.1) is 35.3 Å². The Morgan fingerprint density at radius 1 is 0.215 bits per heavy atom. The fourth-order valence-corrected chi connectivity index (χ4v) is 17.1. The van der Waals surface area contributed by atoms with Crippen LogP contribution in [0.25, 0.3) is 190 Å². The molecule has 0 saturated carbocycles. The molecule has 23 rings (SSSR count). The van der Waals surface area contributed by atoms with Crippen molar-refractivity contribution in [2.45, 2.75) is 19.3 Å². The minimum atomic E-state index is -0.441. The van der Waals surface area contributed by atoms with Crippen molar-refractivity contribution in [2.75, 3.05) is 0 Å². The van der Waals surface area contributed by atoms with E-state index in [0.29, 0.717) is 60.6 Å². The van der Waals surface area contributed by atoms with Crippen molar-refractivity contribution in [3.8, 4) is 135 Å². The Balaban J connectivity index is 0.000000109. The van der Waals surface area contributed by atoms with E-state index in [1.165, 1.54) is 44.5 Å². The van der Waals surface area contributed by atoms with Crippen LogP contribution < -0.4 is 0 Å². The lowest BCUT2D eigenvalue weighted by Crippen LogP contribution is -2.14. The predicted molar refractivity (Wildman–Crippen MR) is 543 cm³/mol. The van der Waals surface area contributed by atoms with Crippen molar-refractivity contribution < 1.29 is 6.85 Å². The van der Waals surface area contributed by atoms with Crippen molar-refractivity contribution in [2.24, 2.45) is 0 Å². The number of halogens is 5. The lowest BCUT2D eigenvalue weighted by molar-refractivity contribution is 0.660. The first-order valence-electron chi connectivity index (χ1n) is 43.8. The fraction of sp³-hybridized carbons (Fsp3) is 0.0273. The van der Waals surface area contributed by atoms with E-state index in [-0.39, 0.29) is 28.8 Å².